The van der Waals surface area contributed by atoms with Gasteiger partial charge in [0, 0.05) is 60.5 Å². The number of phenols is 1. The fourth-order valence-corrected chi connectivity index (χ4v) is 16.8. The maximum atomic E-state index is 12.2. The van der Waals surface area contributed by atoms with Gasteiger partial charge in [-0.1, -0.05) is 6.07 Å². The number of rotatable bonds is 25. The number of aromatic hydroxyl groups is 1. The van der Waals surface area contributed by atoms with Crippen LogP contribution in [0.1, 0.15) is 121 Å². The third-order valence-corrected chi connectivity index (χ3v) is 23.2. The summed E-state index contributed by atoms with van der Waals surface area (Å²) in [5.41, 5.74) is 22.1. The van der Waals surface area contributed by atoms with Crippen molar-refractivity contribution in [1.29, 1.82) is 0 Å². The number of phenolic OH excluding ortho intramolecular Hbond substituents is 1. The number of carbonyl (C=O) groups is 1. The summed E-state index contributed by atoms with van der Waals surface area (Å²) < 4.78 is 180. The molecule has 9 heterocycles. The van der Waals surface area contributed by atoms with Crippen molar-refractivity contribution in [2.45, 2.75) is 365 Å². The fraction of sp³-hybridized carbons (Fsp3) is 0.870. The van der Waals surface area contributed by atoms with E-state index >= 15 is 0 Å². The van der Waals surface area contributed by atoms with Gasteiger partial charge in [-0.2, -0.15) is 16.8 Å². The molecule has 1 aromatic carbocycles. The van der Waals surface area contributed by atoms with Gasteiger partial charge in [0.15, 0.2) is 67.9 Å². The molecule has 0 unspecified atom stereocenters. The second kappa shape index (κ2) is 36.1. The molecule has 0 spiro atoms. The lowest BCUT2D eigenvalue weighted by Crippen LogP contribution is -2.68. The Bertz CT molecular complexity index is 3600. The van der Waals surface area contributed by atoms with E-state index < -0.39 is 288 Å². The molecule has 41 atom stereocenters. The van der Waals surface area contributed by atoms with E-state index in [9.17, 15) is 82.4 Å². The third-order valence-electron chi connectivity index (χ3n) is 22.0. The Kier molecular flexibility index (Phi) is 29.3. The fourth-order valence-electron chi connectivity index (χ4n) is 16.0. The molecule has 22 N–H and O–H groups in total. The van der Waals surface area contributed by atoms with Crippen LogP contribution in [0.2, 0.25) is 0 Å². The number of hydrogen-bond acceptors (Lipinski definition) is 39. The van der Waals surface area contributed by atoms with Gasteiger partial charge in [-0.25, -0.2) is 4.18 Å². The summed E-state index contributed by atoms with van der Waals surface area (Å²) >= 11 is 0. The van der Waals surface area contributed by atoms with Gasteiger partial charge in [0.2, 0.25) is 12.2 Å². The highest BCUT2D eigenvalue weighted by molar-refractivity contribution is 7.85. The van der Waals surface area contributed by atoms with Crippen LogP contribution >= 0.6 is 0 Å². The first-order chi connectivity index (χ1) is 52.3. The van der Waals surface area contributed by atoms with Gasteiger partial charge in [-0.3, -0.25) is 13.9 Å². The van der Waals surface area contributed by atoms with Crippen molar-refractivity contribution < 1.29 is 176 Å². The number of nitrogens with one attached hydrogen (secondary N) is 1. The number of carbonyl (C=O) groups excluding carboxylic acids is 1. The van der Waals surface area contributed by atoms with Crippen molar-refractivity contribution in [2.24, 2.45) is 22.9 Å². The quantitative estimate of drug-likeness (QED) is 0.0321. The van der Waals surface area contributed by atoms with Gasteiger partial charge < -0.3 is 170 Å². The van der Waals surface area contributed by atoms with Crippen LogP contribution in [0, 0.1) is 0 Å². The SMILES string of the molecule is C[C@@H]1O[C@@H](O[C@H]2[C@@H](O)[C@@H](C)O[C@@H](O[C@@H]3[C@@H](C)O[C@@H](O[C@@H]4[C@H](O)[C@@H](O)[C@H](O[C@@H]5[C@@H](C)O[C@@H](O[C@@H]6[C@H](O)[C@@H](OS(=O)(=O)O)[C@H](Oc7ccc(C=CC(=O)NCCS(=O)(=O)O)cc7O)O[C@@H]6C)C[C@]5(C)N)O[C@@H]4C)C[C@]3(C)N)[C@@H]2O)[C@H](O)[C@H](O)[C@H]1O[C@H]1C[C@](C)(N)[C@H](O[C@@H]2O[C@H](C)[C@H](O[C@H]3C[C@](C)(N)[C@@H](O)[C@H](C)O3)[C@H](O)[C@H]2O)[C@@H](C)O1. The maximum Gasteiger partial charge on any atom is 0.397 e. The van der Waals surface area contributed by atoms with Gasteiger partial charge in [0.05, 0.1) is 66.8 Å². The number of amides is 1. The summed E-state index contributed by atoms with van der Waals surface area (Å²) in [6.45, 7) is 20.1. The molecule has 0 radical (unpaired) electrons. The zero-order valence-corrected chi connectivity index (χ0v) is 66.4. The van der Waals surface area contributed by atoms with Crippen molar-refractivity contribution in [2.75, 3.05) is 12.3 Å². The predicted octanol–water partition coefficient (Wildman–Crippen LogP) is -5.20. The first-order valence-corrected chi connectivity index (χ1v) is 40.5. The van der Waals surface area contributed by atoms with E-state index in [2.05, 4.69) is 5.32 Å². The first-order valence-electron chi connectivity index (χ1n) is 37.5. The Morgan fingerprint density at radius 1 is 0.442 bits per heavy atom. The zero-order valence-electron chi connectivity index (χ0n) is 64.7. The lowest BCUT2D eigenvalue weighted by Gasteiger charge is -2.51. The predicted molar refractivity (Wildman–Crippen MR) is 381 cm³/mol. The Morgan fingerprint density at radius 3 is 1.19 bits per heavy atom. The minimum absolute atomic E-state index is 0.0670. The van der Waals surface area contributed by atoms with Gasteiger partial charge in [-0.15, -0.1) is 0 Å². The number of benzene rings is 1. The molecule has 9 fully saturated rings. The van der Waals surface area contributed by atoms with Crippen LogP contribution in [0.25, 0.3) is 6.08 Å². The summed E-state index contributed by atoms with van der Waals surface area (Å²) in [6, 6.07) is 3.69. The average Bonchev–Trinajstić information content (AvgIpc) is 0.779. The molecule has 9 aliphatic rings. The van der Waals surface area contributed by atoms with Crippen molar-refractivity contribution >= 4 is 32.5 Å². The molecule has 9 saturated heterocycles. The number of hydrogen-bond donors (Lipinski definition) is 18. The maximum absolute atomic E-state index is 12.2. The normalized spacial score (nSPS) is 49.1. The average molecular weight is 1670 g/mol. The Balaban J connectivity index is 0.681. The molecule has 0 aromatic heterocycles. The summed E-state index contributed by atoms with van der Waals surface area (Å²) in [7, 11) is -9.67. The zero-order chi connectivity index (χ0) is 83.6. The van der Waals surface area contributed by atoms with E-state index in [1.54, 1.807) is 69.2 Å². The van der Waals surface area contributed by atoms with Crippen LogP contribution in [0.5, 0.6) is 11.5 Å². The highest BCUT2D eigenvalue weighted by Gasteiger charge is 2.59. The standard InChI is InChI=1S/C69H115N5O37S2/c1-25-42(77)55(107-61-46(81)43(78)51(26(2)98-61)104-39-22-67(11,71)58(31(7)94-39)108-62-47(82)44(79)52(27(3)99-62)103-38-21-66(10,70)57(86)30(6)93-38)50(85)64(97-25)110-60-33(9)95-40(23-69(60,13)73)105-53-28(4)100-63(48(83)45(53)80)109-59-32(8)96-41(24-68(59,12)72)106-54-29(5)101-65(56(49(54)84)111-113(90,91)92)102-36-16-14-34(20-35(36)75)15-17-37(76)74-18-19-112(87,88)89/h14-17,20,25-33,38-65,75,77-86H,18-19,21-24,70-73H2,1-13H3,(H,74,76)(H,87,88,89)(H,90,91,92)/t25-,26+,27-,28-,29-,30+,31-,32-,33-,38+,39+,40+,41+,42+,43+,44-,45-,46-,47-,48-,49+,50-,51+,52+,53+,54+,55+,56-,57+,58-,59-,60-,61+,62+,63+,64+,65+,66+,67+,68+,69+/m1/s1. The van der Waals surface area contributed by atoms with Crippen molar-refractivity contribution in [3.05, 3.63) is 29.8 Å². The summed E-state index contributed by atoms with van der Waals surface area (Å²) in [5, 5.41) is 128. The summed E-state index contributed by atoms with van der Waals surface area (Å²) in [4.78, 5) is 12.1. The van der Waals surface area contributed by atoms with E-state index in [1.165, 1.54) is 39.0 Å². The van der Waals surface area contributed by atoms with Crippen molar-refractivity contribution in [3.8, 4) is 11.5 Å². The monoisotopic (exact) mass is 1670 g/mol. The molecule has 44 heteroatoms. The number of ether oxygens (including phenoxy) is 18. The molecule has 9 aliphatic heterocycles. The van der Waals surface area contributed by atoms with Crippen molar-refractivity contribution in [3.63, 3.8) is 0 Å². The van der Waals surface area contributed by atoms with E-state index in [0.717, 1.165) is 12.1 Å². The molecule has 0 bridgehead atoms. The minimum atomic E-state index is -5.34. The van der Waals surface area contributed by atoms with E-state index in [0.29, 0.717) is 0 Å². The second-order valence-corrected chi connectivity index (χ2v) is 34.9. The van der Waals surface area contributed by atoms with Crippen LogP contribution in [-0.4, -0.2) is 350 Å². The van der Waals surface area contributed by atoms with Crippen molar-refractivity contribution in [1.82, 2.24) is 5.32 Å². The Morgan fingerprint density at radius 2 is 0.805 bits per heavy atom. The molecular weight excluding hydrogens is 1550 g/mol. The third kappa shape index (κ3) is 21.7. The highest BCUT2D eigenvalue weighted by atomic mass is 32.3. The minimum Gasteiger partial charge on any atom is -0.504 e. The first kappa shape index (κ1) is 91.9. The van der Waals surface area contributed by atoms with Crippen LogP contribution in [0.4, 0.5) is 0 Å². The molecule has 0 saturated carbocycles. The summed E-state index contributed by atoms with van der Waals surface area (Å²) in [5.74, 6) is -2.36. The molecule has 650 valence electrons. The number of aliphatic hydroxyl groups excluding tert-OH is 10. The second-order valence-electron chi connectivity index (χ2n) is 32.2. The van der Waals surface area contributed by atoms with Crippen LogP contribution < -0.4 is 33.0 Å². The molecule has 42 nitrogen and oxygen atoms in total. The number of nitrogens with two attached hydrogens (primary N) is 4. The molecule has 10 rings (SSSR count). The molecule has 1 amide bonds. The Labute approximate surface area is 653 Å². The molecule has 113 heavy (non-hydrogen) atoms. The topological polar surface area (TPSA) is 640 Å². The molecular formula is C69H115N5O37S2. The smallest absolute Gasteiger partial charge is 0.397 e. The van der Waals surface area contributed by atoms with Crippen LogP contribution in [-0.2, 0) is 110 Å². The largest absolute Gasteiger partial charge is 0.504 e. The van der Waals surface area contributed by atoms with Crippen LogP contribution in [0.3, 0.4) is 0 Å². The molecule has 1 aromatic rings. The van der Waals surface area contributed by atoms with Gasteiger partial charge >= 0.3 is 10.4 Å². The lowest BCUT2D eigenvalue weighted by atomic mass is 9.85. The van der Waals surface area contributed by atoms with E-state index in [4.69, 9.17) is 117 Å². The Hall–Kier alpha value is -3.43. The van der Waals surface area contributed by atoms with Gasteiger partial charge in [-0.05, 0) is 114 Å². The van der Waals surface area contributed by atoms with E-state index in [-0.39, 0.29) is 43.5 Å². The lowest BCUT2D eigenvalue weighted by molar-refractivity contribution is -0.381. The van der Waals surface area contributed by atoms with Crippen LogP contribution in [0.15, 0.2) is 24.3 Å². The van der Waals surface area contributed by atoms with E-state index in [1.807, 2.05) is 0 Å². The molecule has 0 aliphatic carbocycles. The summed E-state index contributed by atoms with van der Waals surface area (Å²) in [6.07, 6.45) is -47.7. The van der Waals surface area contributed by atoms with Gasteiger partial charge in [0.1, 0.15) is 104 Å². The van der Waals surface area contributed by atoms with Gasteiger partial charge in [0.25, 0.3) is 10.1 Å². The highest BCUT2D eigenvalue weighted by Crippen LogP contribution is 2.43. The number of aliphatic hydroxyl groups is 10.